The van der Waals surface area contributed by atoms with Crippen LogP contribution in [0.25, 0.3) is 0 Å². The predicted molar refractivity (Wildman–Crippen MR) is 91.2 cm³/mol. The number of benzene rings is 1. The standard InChI is InChI=1S/C18H26N2O4/c1-13-9-15(17(21)22)12-20(11-13)18(23)19-8-4-6-14-5-3-7-16(10-14)24-2/h3,5,7,10,13,15H,4,6,8-9,11-12H2,1-2H3,(H,19,23)(H,21,22). The summed E-state index contributed by atoms with van der Waals surface area (Å²) in [5.41, 5.74) is 1.17. The van der Waals surface area contributed by atoms with E-state index in [0.29, 0.717) is 26.1 Å². The first kappa shape index (κ1) is 18.1. The van der Waals surface area contributed by atoms with Gasteiger partial charge in [0.2, 0.25) is 0 Å². The Hall–Kier alpha value is -2.24. The maximum absolute atomic E-state index is 12.2. The molecule has 6 nitrogen and oxygen atoms in total. The maximum Gasteiger partial charge on any atom is 0.317 e. The summed E-state index contributed by atoms with van der Waals surface area (Å²) in [7, 11) is 1.64. The first-order valence-corrected chi connectivity index (χ1v) is 8.38. The van der Waals surface area contributed by atoms with Crippen molar-refractivity contribution < 1.29 is 19.4 Å². The Morgan fingerprint density at radius 1 is 1.38 bits per heavy atom. The number of urea groups is 1. The van der Waals surface area contributed by atoms with Gasteiger partial charge >= 0.3 is 12.0 Å². The summed E-state index contributed by atoms with van der Waals surface area (Å²) in [6.45, 7) is 3.46. The number of nitrogens with zero attached hydrogens (tertiary/aromatic N) is 1. The molecule has 1 fully saturated rings. The number of amides is 2. The fourth-order valence-corrected chi connectivity index (χ4v) is 3.12. The molecule has 2 N–H and O–H groups in total. The molecule has 0 saturated carbocycles. The van der Waals surface area contributed by atoms with E-state index in [1.165, 1.54) is 5.56 Å². The molecule has 2 rings (SSSR count). The van der Waals surface area contributed by atoms with Crippen molar-refractivity contribution in [3.63, 3.8) is 0 Å². The lowest BCUT2D eigenvalue weighted by Crippen LogP contribution is -2.49. The highest BCUT2D eigenvalue weighted by Crippen LogP contribution is 2.21. The van der Waals surface area contributed by atoms with Crippen LogP contribution in [-0.4, -0.2) is 48.8 Å². The number of hydrogen-bond acceptors (Lipinski definition) is 3. The zero-order valence-corrected chi connectivity index (χ0v) is 14.3. The molecular formula is C18H26N2O4. The van der Waals surface area contributed by atoms with Crippen molar-refractivity contribution in [2.24, 2.45) is 11.8 Å². The Balaban J connectivity index is 1.75. The van der Waals surface area contributed by atoms with E-state index in [9.17, 15) is 9.59 Å². The summed E-state index contributed by atoms with van der Waals surface area (Å²) >= 11 is 0. The van der Waals surface area contributed by atoms with E-state index in [0.717, 1.165) is 18.6 Å². The lowest BCUT2D eigenvalue weighted by molar-refractivity contribution is -0.143. The zero-order chi connectivity index (χ0) is 17.5. The number of nitrogens with one attached hydrogen (secondary N) is 1. The third kappa shape index (κ3) is 5.15. The number of carboxylic acids is 1. The van der Waals surface area contributed by atoms with Crippen LogP contribution in [0.15, 0.2) is 24.3 Å². The van der Waals surface area contributed by atoms with Crippen molar-refractivity contribution in [2.45, 2.75) is 26.2 Å². The van der Waals surface area contributed by atoms with Gasteiger partial charge in [-0.1, -0.05) is 19.1 Å². The number of rotatable bonds is 6. The number of hydrogen-bond donors (Lipinski definition) is 2. The third-order valence-electron chi connectivity index (χ3n) is 4.35. The SMILES string of the molecule is COc1cccc(CCCNC(=O)N2CC(C)CC(C(=O)O)C2)c1. The molecule has 24 heavy (non-hydrogen) atoms. The van der Waals surface area contributed by atoms with Crippen molar-refractivity contribution in [2.75, 3.05) is 26.7 Å². The highest BCUT2D eigenvalue weighted by atomic mass is 16.5. The number of methoxy groups -OCH3 is 1. The van der Waals surface area contributed by atoms with Crippen molar-refractivity contribution >= 4 is 12.0 Å². The second-order valence-corrected chi connectivity index (χ2v) is 6.47. The number of carboxylic acid groups (broad SMARTS) is 1. The van der Waals surface area contributed by atoms with Crippen LogP contribution in [0.4, 0.5) is 4.79 Å². The van der Waals surface area contributed by atoms with Gasteiger partial charge in [0.15, 0.2) is 0 Å². The number of ether oxygens (including phenoxy) is 1. The first-order chi connectivity index (χ1) is 11.5. The second-order valence-electron chi connectivity index (χ2n) is 6.47. The van der Waals surface area contributed by atoms with Gasteiger partial charge in [-0.25, -0.2) is 4.79 Å². The number of aliphatic carboxylic acids is 1. The van der Waals surface area contributed by atoms with Crippen LogP contribution in [0.5, 0.6) is 5.75 Å². The molecule has 1 heterocycles. The number of carbonyl (C=O) groups excluding carboxylic acids is 1. The number of likely N-dealkylation sites (tertiary alicyclic amines) is 1. The quantitative estimate of drug-likeness (QED) is 0.783. The Kier molecular flexibility index (Phi) is 6.46. The average molecular weight is 334 g/mol. The molecule has 2 unspecified atom stereocenters. The number of carbonyl (C=O) groups is 2. The van der Waals surface area contributed by atoms with E-state index in [4.69, 9.17) is 9.84 Å². The van der Waals surface area contributed by atoms with Crippen LogP contribution in [0, 0.1) is 11.8 Å². The van der Waals surface area contributed by atoms with Crippen LogP contribution in [0.2, 0.25) is 0 Å². The molecule has 2 atom stereocenters. The molecule has 0 aliphatic carbocycles. The van der Waals surface area contributed by atoms with Crippen LogP contribution >= 0.6 is 0 Å². The van der Waals surface area contributed by atoms with Gasteiger partial charge in [0, 0.05) is 19.6 Å². The number of aryl methyl sites for hydroxylation is 1. The summed E-state index contributed by atoms with van der Waals surface area (Å²) in [5.74, 6) is -0.241. The Labute approximate surface area is 142 Å². The Morgan fingerprint density at radius 2 is 2.17 bits per heavy atom. The van der Waals surface area contributed by atoms with E-state index in [1.54, 1.807) is 12.0 Å². The molecule has 1 aromatic carbocycles. The fraction of sp³-hybridized carbons (Fsp3) is 0.556. The maximum atomic E-state index is 12.2. The highest BCUT2D eigenvalue weighted by molar-refractivity contribution is 5.76. The fourth-order valence-electron chi connectivity index (χ4n) is 3.12. The zero-order valence-electron chi connectivity index (χ0n) is 14.3. The first-order valence-electron chi connectivity index (χ1n) is 8.38. The minimum Gasteiger partial charge on any atom is -0.497 e. The third-order valence-corrected chi connectivity index (χ3v) is 4.35. The smallest absolute Gasteiger partial charge is 0.317 e. The van der Waals surface area contributed by atoms with Crippen molar-refractivity contribution in [3.05, 3.63) is 29.8 Å². The molecule has 0 bridgehead atoms. The van der Waals surface area contributed by atoms with Gasteiger partial charge in [-0.3, -0.25) is 4.79 Å². The van der Waals surface area contributed by atoms with E-state index in [2.05, 4.69) is 5.32 Å². The van der Waals surface area contributed by atoms with Crippen molar-refractivity contribution in [3.8, 4) is 5.75 Å². The van der Waals surface area contributed by atoms with Gasteiger partial charge in [0.1, 0.15) is 5.75 Å². The van der Waals surface area contributed by atoms with Crippen LogP contribution in [0.3, 0.4) is 0 Å². The Morgan fingerprint density at radius 3 is 2.88 bits per heavy atom. The minimum absolute atomic E-state index is 0.168. The van der Waals surface area contributed by atoms with E-state index >= 15 is 0 Å². The van der Waals surface area contributed by atoms with Gasteiger partial charge in [-0.15, -0.1) is 0 Å². The molecule has 132 valence electrons. The summed E-state index contributed by atoms with van der Waals surface area (Å²) < 4.78 is 5.19. The highest BCUT2D eigenvalue weighted by Gasteiger charge is 2.31. The van der Waals surface area contributed by atoms with Gasteiger partial charge < -0.3 is 20.1 Å². The molecule has 0 aromatic heterocycles. The van der Waals surface area contributed by atoms with Gasteiger partial charge in [0.05, 0.1) is 13.0 Å². The monoisotopic (exact) mass is 334 g/mol. The number of piperidine rings is 1. The molecule has 6 heteroatoms. The molecule has 0 radical (unpaired) electrons. The van der Waals surface area contributed by atoms with Crippen molar-refractivity contribution in [1.29, 1.82) is 0 Å². The summed E-state index contributed by atoms with van der Waals surface area (Å²) in [6.07, 6.45) is 2.31. The van der Waals surface area contributed by atoms with Crippen LogP contribution in [0.1, 0.15) is 25.3 Å². The average Bonchev–Trinajstić information content (AvgIpc) is 2.58. The molecule has 0 spiro atoms. The Bertz CT molecular complexity index is 576. The lowest BCUT2D eigenvalue weighted by Gasteiger charge is -2.34. The summed E-state index contributed by atoms with van der Waals surface area (Å²) in [6, 6.07) is 7.72. The lowest BCUT2D eigenvalue weighted by atomic mass is 9.91. The van der Waals surface area contributed by atoms with E-state index in [-0.39, 0.29) is 11.9 Å². The minimum atomic E-state index is -0.822. The second kappa shape index (κ2) is 8.57. The van der Waals surface area contributed by atoms with E-state index in [1.807, 2.05) is 31.2 Å². The van der Waals surface area contributed by atoms with Crippen LogP contribution in [-0.2, 0) is 11.2 Å². The molecular weight excluding hydrogens is 308 g/mol. The summed E-state index contributed by atoms with van der Waals surface area (Å²) in [4.78, 5) is 25.0. The van der Waals surface area contributed by atoms with Crippen LogP contribution < -0.4 is 10.1 Å². The molecule has 1 aromatic rings. The largest absolute Gasteiger partial charge is 0.497 e. The van der Waals surface area contributed by atoms with Crippen molar-refractivity contribution in [1.82, 2.24) is 10.2 Å². The van der Waals surface area contributed by atoms with Gasteiger partial charge in [0.25, 0.3) is 0 Å². The van der Waals surface area contributed by atoms with Gasteiger partial charge in [-0.05, 0) is 42.9 Å². The normalized spacial score (nSPS) is 20.5. The topological polar surface area (TPSA) is 78.9 Å². The van der Waals surface area contributed by atoms with Gasteiger partial charge in [-0.2, -0.15) is 0 Å². The molecule has 1 saturated heterocycles. The predicted octanol–water partition coefficient (Wildman–Crippen LogP) is 2.38. The molecule has 2 amide bonds. The molecule has 1 aliphatic rings. The van der Waals surface area contributed by atoms with E-state index < -0.39 is 11.9 Å². The summed E-state index contributed by atoms with van der Waals surface area (Å²) in [5, 5.41) is 12.1. The molecule has 1 aliphatic heterocycles.